The summed E-state index contributed by atoms with van der Waals surface area (Å²) in [6.07, 6.45) is 5.81. The maximum atomic E-state index is 12.4. The minimum atomic E-state index is 0.236. The molecule has 0 saturated carbocycles. The number of hydrogen-bond donors (Lipinski definition) is 0. The van der Waals surface area contributed by atoms with Crippen molar-refractivity contribution in [3.05, 3.63) is 35.3 Å². The van der Waals surface area contributed by atoms with Crippen LogP contribution < -0.4 is 0 Å². The van der Waals surface area contributed by atoms with Crippen LogP contribution in [0, 0.1) is 19.8 Å². The molecule has 4 heteroatoms. The Morgan fingerprint density at radius 2 is 1.90 bits per heavy atom. The van der Waals surface area contributed by atoms with Crippen molar-refractivity contribution in [3.63, 3.8) is 0 Å². The quantitative estimate of drug-likeness (QED) is 0.754. The highest BCUT2D eigenvalue weighted by Gasteiger charge is 2.36. The van der Waals surface area contributed by atoms with Crippen molar-refractivity contribution < 1.29 is 4.79 Å². The van der Waals surface area contributed by atoms with Gasteiger partial charge >= 0.3 is 0 Å². The fourth-order valence-corrected chi connectivity index (χ4v) is 3.41. The van der Waals surface area contributed by atoms with Gasteiger partial charge in [0.15, 0.2) is 5.78 Å². The number of aromatic nitrogens is 2. The number of benzene rings is 1. The predicted octanol–water partition coefficient (Wildman–Crippen LogP) is 2.75. The largest absolute Gasteiger partial charge is 0.367 e. The van der Waals surface area contributed by atoms with Gasteiger partial charge in [-0.15, -0.1) is 0 Å². The molecule has 0 N–H and O–H groups in total. The fraction of sp³-hybridized carbons (Fsp3) is 0.412. The molecule has 3 aliphatic rings. The predicted molar refractivity (Wildman–Crippen MR) is 82.8 cm³/mol. The van der Waals surface area contributed by atoms with Crippen molar-refractivity contribution in [3.8, 4) is 0 Å². The van der Waals surface area contributed by atoms with E-state index in [1.54, 1.807) is 0 Å². The Kier molecular flexibility index (Phi) is 2.67. The van der Waals surface area contributed by atoms with Crippen LogP contribution in [-0.2, 0) is 4.79 Å². The van der Waals surface area contributed by atoms with Gasteiger partial charge in [-0.2, -0.15) is 0 Å². The molecule has 4 nitrogen and oxygen atoms in total. The van der Waals surface area contributed by atoms with Crippen molar-refractivity contribution in [1.82, 2.24) is 14.5 Å². The lowest BCUT2D eigenvalue weighted by Crippen LogP contribution is -2.46. The summed E-state index contributed by atoms with van der Waals surface area (Å²) in [5, 5.41) is 0. The third-order valence-corrected chi connectivity index (χ3v) is 4.91. The van der Waals surface area contributed by atoms with E-state index in [2.05, 4.69) is 35.9 Å². The van der Waals surface area contributed by atoms with E-state index in [0.29, 0.717) is 5.78 Å². The number of aryl methyl sites for hydroxylation is 2. The highest BCUT2D eigenvalue weighted by atomic mass is 16.1. The van der Waals surface area contributed by atoms with Crippen molar-refractivity contribution in [2.24, 2.45) is 5.92 Å². The number of piperidine rings is 3. The van der Waals surface area contributed by atoms with Crippen LogP contribution in [0.25, 0.3) is 17.2 Å². The van der Waals surface area contributed by atoms with E-state index in [4.69, 9.17) is 0 Å². The van der Waals surface area contributed by atoms with Crippen molar-refractivity contribution in [1.29, 1.82) is 0 Å². The summed E-state index contributed by atoms with van der Waals surface area (Å²) < 4.78 is 2.00. The molecule has 4 heterocycles. The van der Waals surface area contributed by atoms with Gasteiger partial charge in [0.1, 0.15) is 0 Å². The van der Waals surface area contributed by atoms with Gasteiger partial charge in [-0.05, 0) is 49.9 Å². The molecule has 2 bridgehead atoms. The van der Waals surface area contributed by atoms with Gasteiger partial charge in [-0.3, -0.25) is 4.79 Å². The first-order valence-electron chi connectivity index (χ1n) is 7.58. The topological polar surface area (TPSA) is 38.1 Å². The van der Waals surface area contributed by atoms with Crippen molar-refractivity contribution >= 4 is 23.0 Å². The Morgan fingerprint density at radius 1 is 1.19 bits per heavy atom. The number of allylic oxidation sites excluding steroid dienone is 1. The standard InChI is InChI=1S/C17H19N3O/c1-11-7-14-15(8-12(11)2)20(10-18-14)9-16-17(21)13-3-5-19(16)6-4-13/h7-10,13H,3-6H2,1-2H3. The Bertz CT molecular complexity index is 764. The highest BCUT2D eigenvalue weighted by Crippen LogP contribution is 2.32. The van der Waals surface area contributed by atoms with Crippen LogP contribution in [0.4, 0.5) is 0 Å². The summed E-state index contributed by atoms with van der Waals surface area (Å²) in [4.78, 5) is 19.1. The lowest BCUT2D eigenvalue weighted by molar-refractivity contribution is -0.125. The van der Waals surface area contributed by atoms with Gasteiger partial charge in [-0.1, -0.05) is 0 Å². The van der Waals surface area contributed by atoms with E-state index in [-0.39, 0.29) is 5.92 Å². The maximum Gasteiger partial charge on any atom is 0.183 e. The zero-order valence-electron chi connectivity index (χ0n) is 12.5. The molecule has 21 heavy (non-hydrogen) atoms. The molecule has 0 spiro atoms. The Labute approximate surface area is 124 Å². The summed E-state index contributed by atoms with van der Waals surface area (Å²) in [5.41, 5.74) is 5.41. The molecular weight excluding hydrogens is 262 g/mol. The minimum Gasteiger partial charge on any atom is -0.367 e. The van der Waals surface area contributed by atoms with E-state index < -0.39 is 0 Å². The van der Waals surface area contributed by atoms with Gasteiger partial charge in [0.2, 0.25) is 0 Å². The Morgan fingerprint density at radius 3 is 2.62 bits per heavy atom. The van der Waals surface area contributed by atoms with Gasteiger partial charge in [0, 0.05) is 25.2 Å². The summed E-state index contributed by atoms with van der Waals surface area (Å²) >= 11 is 0. The molecular formula is C17H19N3O. The molecule has 0 amide bonds. The molecule has 1 aromatic heterocycles. The molecule has 108 valence electrons. The van der Waals surface area contributed by atoms with Crippen LogP contribution in [0.1, 0.15) is 24.0 Å². The second kappa shape index (κ2) is 4.45. The second-order valence-electron chi connectivity index (χ2n) is 6.22. The van der Waals surface area contributed by atoms with Crippen LogP contribution >= 0.6 is 0 Å². The normalized spacial score (nSPS) is 21.0. The molecule has 0 atom stereocenters. The summed E-state index contributed by atoms with van der Waals surface area (Å²) in [7, 11) is 0. The first-order chi connectivity index (χ1) is 10.1. The molecule has 1 aromatic carbocycles. The zero-order chi connectivity index (χ0) is 14.6. The van der Waals surface area contributed by atoms with Gasteiger partial charge in [0.25, 0.3) is 0 Å². The lowest BCUT2D eigenvalue weighted by atomic mass is 9.85. The number of carbonyl (C=O) groups is 1. The Balaban J connectivity index is 1.82. The van der Waals surface area contributed by atoms with Crippen LogP contribution in [0.5, 0.6) is 0 Å². The number of ketones is 1. The monoisotopic (exact) mass is 281 g/mol. The van der Waals surface area contributed by atoms with Crippen LogP contribution in [0.15, 0.2) is 24.2 Å². The third kappa shape index (κ3) is 1.89. The van der Waals surface area contributed by atoms with Crippen LogP contribution in [0.3, 0.4) is 0 Å². The highest BCUT2D eigenvalue weighted by molar-refractivity contribution is 6.01. The number of hydrogen-bond acceptors (Lipinski definition) is 3. The molecule has 3 fully saturated rings. The average Bonchev–Trinajstić information content (AvgIpc) is 2.86. The van der Waals surface area contributed by atoms with E-state index in [1.807, 2.05) is 17.1 Å². The van der Waals surface area contributed by atoms with Gasteiger partial charge in [0.05, 0.1) is 23.1 Å². The molecule has 0 radical (unpaired) electrons. The number of fused-ring (bicyclic) bond motifs is 4. The summed E-state index contributed by atoms with van der Waals surface area (Å²) in [6.45, 7) is 6.22. The fourth-order valence-electron chi connectivity index (χ4n) is 3.41. The first-order valence-corrected chi connectivity index (χ1v) is 7.58. The number of rotatable bonds is 1. The summed E-state index contributed by atoms with van der Waals surface area (Å²) in [6, 6.07) is 4.25. The molecule has 5 rings (SSSR count). The maximum absolute atomic E-state index is 12.4. The third-order valence-electron chi connectivity index (χ3n) is 4.91. The van der Waals surface area contributed by atoms with Crippen LogP contribution in [0.2, 0.25) is 0 Å². The van der Waals surface area contributed by atoms with Gasteiger partial charge in [-0.25, -0.2) is 4.98 Å². The number of carbonyl (C=O) groups excluding carboxylic acids is 1. The summed E-state index contributed by atoms with van der Waals surface area (Å²) in [5.74, 6) is 0.540. The first kappa shape index (κ1) is 12.6. The Hall–Kier alpha value is -2.10. The minimum absolute atomic E-state index is 0.236. The number of imidazole rings is 1. The van der Waals surface area contributed by atoms with Crippen LogP contribution in [-0.4, -0.2) is 33.3 Å². The zero-order valence-corrected chi connectivity index (χ0v) is 12.5. The van der Waals surface area contributed by atoms with E-state index in [1.165, 1.54) is 11.1 Å². The van der Waals surface area contributed by atoms with E-state index >= 15 is 0 Å². The molecule has 2 aromatic rings. The average molecular weight is 281 g/mol. The smallest absolute Gasteiger partial charge is 0.183 e. The SMILES string of the molecule is Cc1cc2ncn(C=C3C(=O)C4CCN3CC4)c2cc1C. The molecule has 3 aliphatic heterocycles. The second-order valence-corrected chi connectivity index (χ2v) is 6.22. The molecule has 3 saturated heterocycles. The lowest BCUT2D eigenvalue weighted by Gasteiger charge is -2.40. The van der Waals surface area contributed by atoms with E-state index in [9.17, 15) is 4.79 Å². The van der Waals surface area contributed by atoms with Crippen molar-refractivity contribution in [2.75, 3.05) is 13.1 Å². The van der Waals surface area contributed by atoms with Crippen molar-refractivity contribution in [2.45, 2.75) is 26.7 Å². The number of Topliss-reactive ketones (excluding diaryl/α,β-unsaturated/α-hetero) is 1. The molecule has 0 aliphatic carbocycles. The van der Waals surface area contributed by atoms with E-state index in [0.717, 1.165) is 42.7 Å². The van der Waals surface area contributed by atoms with Gasteiger partial charge < -0.3 is 9.47 Å². The molecule has 0 unspecified atom stereocenters. The number of nitrogens with zero attached hydrogens (tertiary/aromatic N) is 3.